The second-order valence-electron chi connectivity index (χ2n) is 3.95. The third-order valence-corrected chi connectivity index (χ3v) is 3.71. The van der Waals surface area contributed by atoms with Gasteiger partial charge in [0.15, 0.2) is 5.13 Å². The fourth-order valence-corrected chi connectivity index (χ4v) is 2.43. The van der Waals surface area contributed by atoms with Crippen molar-refractivity contribution in [1.82, 2.24) is 4.98 Å². The van der Waals surface area contributed by atoms with Gasteiger partial charge < -0.3 is 4.74 Å². The Morgan fingerprint density at radius 3 is 2.95 bits per heavy atom. The molecule has 0 fully saturated rings. The Bertz CT molecular complexity index is 690. The number of hydrogen-bond donors (Lipinski definition) is 1. The number of aromatic nitrogens is 1. The van der Waals surface area contributed by atoms with Crippen LogP contribution in [-0.4, -0.2) is 24.0 Å². The summed E-state index contributed by atoms with van der Waals surface area (Å²) in [6.45, 7) is 0. The number of nitrogens with one attached hydrogen (secondary N) is 1. The standard InChI is InChI=1S/C13H10ClFN2O3S/c1-20-10(18)5-7-6-21-13(16-7)17-12(19)8-3-2-4-9(15)11(8)14/h2-4,6H,5H2,1H3,(H,16,17,19). The van der Waals surface area contributed by atoms with Crippen molar-refractivity contribution in [3.8, 4) is 0 Å². The number of carbonyl (C=O) groups excluding carboxylic acids is 2. The molecule has 2 rings (SSSR count). The SMILES string of the molecule is COC(=O)Cc1csc(NC(=O)c2cccc(F)c2Cl)n1. The Labute approximate surface area is 128 Å². The number of rotatable bonds is 4. The molecule has 0 spiro atoms. The Balaban J connectivity index is 2.09. The molecule has 21 heavy (non-hydrogen) atoms. The van der Waals surface area contributed by atoms with E-state index in [2.05, 4.69) is 15.0 Å². The number of nitrogens with zero attached hydrogens (tertiary/aromatic N) is 1. The summed E-state index contributed by atoms with van der Waals surface area (Å²) in [5.74, 6) is -1.67. The van der Waals surface area contributed by atoms with Crippen LogP contribution >= 0.6 is 22.9 Å². The Hall–Kier alpha value is -1.99. The normalized spacial score (nSPS) is 10.2. The van der Waals surface area contributed by atoms with Gasteiger partial charge in [0.2, 0.25) is 0 Å². The number of methoxy groups -OCH3 is 1. The summed E-state index contributed by atoms with van der Waals surface area (Å²) in [5.41, 5.74) is 0.494. The molecule has 0 atom stereocenters. The van der Waals surface area contributed by atoms with Crippen molar-refractivity contribution in [3.63, 3.8) is 0 Å². The summed E-state index contributed by atoms with van der Waals surface area (Å²) in [6, 6.07) is 3.96. The number of thiazole rings is 1. The smallest absolute Gasteiger partial charge is 0.311 e. The fourth-order valence-electron chi connectivity index (χ4n) is 1.51. The van der Waals surface area contributed by atoms with Gasteiger partial charge in [-0.3, -0.25) is 14.9 Å². The molecule has 0 saturated carbocycles. The Morgan fingerprint density at radius 1 is 1.48 bits per heavy atom. The number of benzene rings is 1. The van der Waals surface area contributed by atoms with Gasteiger partial charge in [-0.2, -0.15) is 0 Å². The van der Waals surface area contributed by atoms with E-state index in [0.717, 1.165) is 17.4 Å². The van der Waals surface area contributed by atoms with Gasteiger partial charge in [0.1, 0.15) is 5.82 Å². The second kappa shape index (κ2) is 6.64. The highest BCUT2D eigenvalue weighted by Gasteiger charge is 2.15. The minimum atomic E-state index is -0.671. The van der Waals surface area contributed by atoms with Gasteiger partial charge in [-0.1, -0.05) is 17.7 Å². The first-order valence-corrected chi connectivity index (χ1v) is 7.03. The van der Waals surface area contributed by atoms with Crippen molar-refractivity contribution < 1.29 is 18.7 Å². The first-order chi connectivity index (χ1) is 10.0. The minimum Gasteiger partial charge on any atom is -0.469 e. The molecule has 0 saturated heterocycles. The van der Waals surface area contributed by atoms with Crippen LogP contribution in [0, 0.1) is 5.82 Å². The first kappa shape index (κ1) is 15.4. The van der Waals surface area contributed by atoms with E-state index in [1.165, 1.54) is 19.2 Å². The molecular weight excluding hydrogens is 319 g/mol. The molecule has 5 nitrogen and oxygen atoms in total. The van der Waals surface area contributed by atoms with Gasteiger partial charge in [-0.05, 0) is 12.1 Å². The molecule has 0 radical (unpaired) electrons. The zero-order valence-corrected chi connectivity index (χ0v) is 12.4. The number of carbonyl (C=O) groups is 2. The van der Waals surface area contributed by atoms with Crippen LogP contribution in [0.2, 0.25) is 5.02 Å². The summed E-state index contributed by atoms with van der Waals surface area (Å²) >= 11 is 6.88. The maximum Gasteiger partial charge on any atom is 0.311 e. The summed E-state index contributed by atoms with van der Waals surface area (Å²) in [4.78, 5) is 27.2. The highest BCUT2D eigenvalue weighted by molar-refractivity contribution is 7.14. The third-order valence-electron chi connectivity index (χ3n) is 2.52. The zero-order valence-electron chi connectivity index (χ0n) is 10.9. The number of anilines is 1. The van der Waals surface area contributed by atoms with E-state index >= 15 is 0 Å². The van der Waals surface area contributed by atoms with Crippen LogP contribution in [0.25, 0.3) is 0 Å². The predicted octanol–water partition coefficient (Wildman–Crippen LogP) is 2.90. The molecule has 0 unspecified atom stereocenters. The molecule has 0 aliphatic heterocycles. The minimum absolute atomic E-state index is 0.0152. The summed E-state index contributed by atoms with van der Waals surface area (Å²) in [7, 11) is 1.28. The lowest BCUT2D eigenvalue weighted by Crippen LogP contribution is -2.13. The zero-order chi connectivity index (χ0) is 15.4. The van der Waals surface area contributed by atoms with Gasteiger partial charge in [-0.15, -0.1) is 11.3 Å². The summed E-state index contributed by atoms with van der Waals surface area (Å²) in [5, 5.41) is 4.17. The quantitative estimate of drug-likeness (QED) is 0.876. The van der Waals surface area contributed by atoms with Crippen LogP contribution in [0.3, 0.4) is 0 Å². The van der Waals surface area contributed by atoms with Crippen LogP contribution in [0.1, 0.15) is 16.1 Å². The molecule has 1 aromatic heterocycles. The molecular formula is C13H10ClFN2O3S. The molecule has 1 aromatic carbocycles. The third kappa shape index (κ3) is 3.77. The number of amides is 1. The molecule has 0 bridgehead atoms. The largest absolute Gasteiger partial charge is 0.469 e. The maximum absolute atomic E-state index is 13.3. The lowest BCUT2D eigenvalue weighted by Gasteiger charge is -2.04. The molecule has 0 aliphatic carbocycles. The van der Waals surface area contributed by atoms with Crippen molar-refractivity contribution >= 4 is 39.9 Å². The van der Waals surface area contributed by atoms with Crippen LogP contribution < -0.4 is 5.32 Å². The van der Waals surface area contributed by atoms with Crippen LogP contribution in [-0.2, 0) is 16.0 Å². The van der Waals surface area contributed by atoms with E-state index in [9.17, 15) is 14.0 Å². The lowest BCUT2D eigenvalue weighted by molar-refractivity contribution is -0.139. The Kier molecular flexibility index (Phi) is 4.87. The topological polar surface area (TPSA) is 68.3 Å². The van der Waals surface area contributed by atoms with Gasteiger partial charge >= 0.3 is 5.97 Å². The lowest BCUT2D eigenvalue weighted by atomic mass is 10.2. The molecule has 110 valence electrons. The Morgan fingerprint density at radius 2 is 2.24 bits per heavy atom. The van der Waals surface area contributed by atoms with Gasteiger partial charge in [0.25, 0.3) is 5.91 Å². The van der Waals surface area contributed by atoms with E-state index < -0.39 is 17.7 Å². The van der Waals surface area contributed by atoms with E-state index in [1.807, 2.05) is 0 Å². The van der Waals surface area contributed by atoms with Crippen LogP contribution in [0.5, 0.6) is 0 Å². The van der Waals surface area contributed by atoms with Crippen molar-refractivity contribution in [2.75, 3.05) is 12.4 Å². The number of hydrogen-bond acceptors (Lipinski definition) is 5. The van der Waals surface area contributed by atoms with E-state index in [1.54, 1.807) is 5.38 Å². The van der Waals surface area contributed by atoms with Crippen molar-refractivity contribution in [1.29, 1.82) is 0 Å². The number of halogens is 2. The highest BCUT2D eigenvalue weighted by atomic mass is 35.5. The van der Waals surface area contributed by atoms with Gasteiger partial charge in [0.05, 0.1) is 29.8 Å². The van der Waals surface area contributed by atoms with Crippen LogP contribution in [0.4, 0.5) is 9.52 Å². The summed E-state index contributed by atoms with van der Waals surface area (Å²) in [6.07, 6.45) is 0.0175. The predicted molar refractivity (Wildman–Crippen MR) is 77.2 cm³/mol. The molecule has 8 heteroatoms. The van der Waals surface area contributed by atoms with Crippen molar-refractivity contribution in [2.45, 2.75) is 6.42 Å². The molecule has 1 amide bonds. The van der Waals surface area contributed by atoms with Gasteiger partial charge in [0, 0.05) is 5.38 Å². The van der Waals surface area contributed by atoms with E-state index in [4.69, 9.17) is 11.6 Å². The first-order valence-electron chi connectivity index (χ1n) is 5.78. The number of ether oxygens (including phenoxy) is 1. The number of esters is 1. The molecule has 2 aromatic rings. The highest BCUT2D eigenvalue weighted by Crippen LogP contribution is 2.22. The summed E-state index contributed by atoms with van der Waals surface area (Å²) < 4.78 is 17.8. The molecule has 1 heterocycles. The molecule has 1 N–H and O–H groups in total. The van der Waals surface area contributed by atoms with Crippen molar-refractivity contribution in [2.24, 2.45) is 0 Å². The van der Waals surface area contributed by atoms with E-state index in [0.29, 0.717) is 10.8 Å². The van der Waals surface area contributed by atoms with Gasteiger partial charge in [-0.25, -0.2) is 9.37 Å². The monoisotopic (exact) mass is 328 g/mol. The van der Waals surface area contributed by atoms with Crippen molar-refractivity contribution in [3.05, 3.63) is 45.7 Å². The average Bonchev–Trinajstić information content (AvgIpc) is 2.88. The average molecular weight is 329 g/mol. The van der Waals surface area contributed by atoms with Crippen LogP contribution in [0.15, 0.2) is 23.6 Å². The fraction of sp³-hybridized carbons (Fsp3) is 0.154. The van der Waals surface area contributed by atoms with E-state index in [-0.39, 0.29) is 17.0 Å². The second-order valence-corrected chi connectivity index (χ2v) is 5.19. The molecule has 0 aliphatic rings. The maximum atomic E-state index is 13.3.